The van der Waals surface area contributed by atoms with Gasteiger partial charge in [0.15, 0.2) is 0 Å². The lowest BCUT2D eigenvalue weighted by Gasteiger charge is -2.03. The molecule has 0 unspecified atom stereocenters. The van der Waals surface area contributed by atoms with E-state index in [0.29, 0.717) is 18.0 Å². The zero-order valence-corrected chi connectivity index (χ0v) is 12.0. The molecule has 110 valence electrons. The van der Waals surface area contributed by atoms with Crippen molar-refractivity contribution in [3.8, 4) is 0 Å². The van der Waals surface area contributed by atoms with Crippen molar-refractivity contribution in [3.63, 3.8) is 0 Å². The minimum atomic E-state index is -3.64. The Hall–Kier alpha value is -1.64. The number of aromatic amines is 1. The molecule has 0 fully saturated rings. The first-order chi connectivity index (χ1) is 9.62. The monoisotopic (exact) mass is 298 g/mol. The molecule has 0 aliphatic heterocycles. The van der Waals surface area contributed by atoms with Crippen LogP contribution >= 0.6 is 0 Å². The van der Waals surface area contributed by atoms with E-state index < -0.39 is 10.0 Å². The van der Waals surface area contributed by atoms with E-state index in [0.717, 1.165) is 13.0 Å². The number of aromatic nitrogens is 2. The number of hydrogen-bond acceptors (Lipinski definition) is 5. The maximum absolute atomic E-state index is 12.0. The van der Waals surface area contributed by atoms with Crippen molar-refractivity contribution in [2.24, 2.45) is 0 Å². The molecule has 8 heteroatoms. The Labute approximate surface area is 117 Å². The van der Waals surface area contributed by atoms with Crippen molar-refractivity contribution in [2.45, 2.75) is 31.5 Å². The summed E-state index contributed by atoms with van der Waals surface area (Å²) in [4.78, 5) is 6.64. The molecule has 0 aliphatic rings. The van der Waals surface area contributed by atoms with Crippen LogP contribution in [0.4, 0.5) is 0 Å². The van der Waals surface area contributed by atoms with E-state index in [1.807, 2.05) is 0 Å². The highest BCUT2D eigenvalue weighted by Crippen LogP contribution is 2.14. The van der Waals surface area contributed by atoms with Crippen LogP contribution in [0.25, 0.3) is 0 Å². The second-order valence-corrected chi connectivity index (χ2v) is 6.00. The van der Waals surface area contributed by atoms with Crippen molar-refractivity contribution in [2.75, 3.05) is 6.54 Å². The molecule has 2 heterocycles. The summed E-state index contributed by atoms with van der Waals surface area (Å²) >= 11 is 0. The smallest absolute Gasteiger partial charge is 0.274 e. The topological polar surface area (TPSA) is 100 Å². The van der Waals surface area contributed by atoms with E-state index in [1.165, 1.54) is 12.4 Å². The second-order valence-electron chi connectivity index (χ2n) is 4.30. The fraction of sp³-hybridized carbons (Fsp3) is 0.417. The highest BCUT2D eigenvalue weighted by Gasteiger charge is 2.18. The molecule has 0 saturated heterocycles. The van der Waals surface area contributed by atoms with Gasteiger partial charge < -0.3 is 14.7 Å². The first-order valence-electron chi connectivity index (χ1n) is 6.38. The van der Waals surface area contributed by atoms with Crippen LogP contribution in [0, 0.1) is 0 Å². The Morgan fingerprint density at radius 1 is 1.35 bits per heavy atom. The third-order valence-electron chi connectivity index (χ3n) is 2.64. The van der Waals surface area contributed by atoms with Crippen molar-refractivity contribution in [1.29, 1.82) is 0 Å². The van der Waals surface area contributed by atoms with Gasteiger partial charge in [0.25, 0.3) is 10.0 Å². The van der Waals surface area contributed by atoms with Crippen molar-refractivity contribution in [3.05, 3.63) is 36.1 Å². The average molecular weight is 298 g/mol. The number of hydrogen-bond donors (Lipinski definition) is 3. The number of rotatable bonds is 8. The molecule has 0 atom stereocenters. The van der Waals surface area contributed by atoms with Crippen molar-refractivity contribution in [1.82, 2.24) is 20.0 Å². The van der Waals surface area contributed by atoms with Crippen LogP contribution in [0.3, 0.4) is 0 Å². The van der Waals surface area contributed by atoms with Crippen LogP contribution in [0.15, 0.2) is 34.2 Å². The molecule has 0 aromatic carbocycles. The van der Waals surface area contributed by atoms with E-state index in [9.17, 15) is 8.42 Å². The van der Waals surface area contributed by atoms with Crippen LogP contribution in [-0.4, -0.2) is 24.9 Å². The average Bonchev–Trinajstić information content (AvgIpc) is 3.08. The summed E-state index contributed by atoms with van der Waals surface area (Å²) in [7, 11) is -3.64. The predicted octanol–water partition coefficient (Wildman–Crippen LogP) is 0.981. The summed E-state index contributed by atoms with van der Waals surface area (Å²) in [6.07, 6.45) is 4.07. The molecule has 0 saturated carbocycles. The number of nitrogens with zero attached hydrogens (tertiary/aromatic N) is 1. The van der Waals surface area contributed by atoms with Crippen LogP contribution in [0.5, 0.6) is 0 Å². The molecule has 2 rings (SSSR count). The van der Waals surface area contributed by atoms with E-state index in [1.54, 1.807) is 12.3 Å². The highest BCUT2D eigenvalue weighted by molar-refractivity contribution is 7.89. The Kier molecular flexibility index (Phi) is 4.94. The zero-order chi connectivity index (χ0) is 14.4. The van der Waals surface area contributed by atoms with Gasteiger partial charge in [0.05, 0.1) is 19.4 Å². The molecule has 3 N–H and O–H groups in total. The lowest BCUT2D eigenvalue weighted by Crippen LogP contribution is -2.23. The lowest BCUT2D eigenvalue weighted by atomic mass is 10.4. The van der Waals surface area contributed by atoms with E-state index >= 15 is 0 Å². The molecule has 2 aromatic rings. The van der Waals surface area contributed by atoms with E-state index in [-0.39, 0.29) is 11.6 Å². The van der Waals surface area contributed by atoms with E-state index in [4.69, 9.17) is 4.42 Å². The van der Waals surface area contributed by atoms with Gasteiger partial charge in [-0.25, -0.2) is 18.1 Å². The van der Waals surface area contributed by atoms with Crippen molar-refractivity contribution >= 4 is 10.0 Å². The molecule has 20 heavy (non-hydrogen) atoms. The van der Waals surface area contributed by atoms with Gasteiger partial charge in [-0.2, -0.15) is 0 Å². The summed E-state index contributed by atoms with van der Waals surface area (Å²) < 4.78 is 31.8. The van der Waals surface area contributed by atoms with Gasteiger partial charge in [0.1, 0.15) is 5.76 Å². The molecule has 0 aliphatic carbocycles. The second kappa shape index (κ2) is 6.69. The van der Waals surface area contributed by atoms with Gasteiger partial charge >= 0.3 is 0 Å². The number of furan rings is 1. The molecular formula is C12H18N4O3S. The first-order valence-corrected chi connectivity index (χ1v) is 7.86. The third-order valence-corrected chi connectivity index (χ3v) is 3.91. The summed E-state index contributed by atoms with van der Waals surface area (Å²) in [5.41, 5.74) is 0.685. The summed E-state index contributed by atoms with van der Waals surface area (Å²) in [5.74, 6) is 0.598. The predicted molar refractivity (Wildman–Crippen MR) is 73.3 cm³/mol. The van der Waals surface area contributed by atoms with Gasteiger partial charge in [0.2, 0.25) is 5.09 Å². The van der Waals surface area contributed by atoms with Gasteiger partial charge in [0, 0.05) is 11.9 Å². The summed E-state index contributed by atoms with van der Waals surface area (Å²) in [5, 5.41) is 3.07. The summed E-state index contributed by atoms with van der Waals surface area (Å²) in [6, 6.07) is 3.12. The largest absolute Gasteiger partial charge is 0.447 e. The van der Waals surface area contributed by atoms with Crippen LogP contribution in [-0.2, 0) is 23.1 Å². The molecule has 0 bridgehead atoms. The van der Waals surface area contributed by atoms with Gasteiger partial charge in [-0.1, -0.05) is 6.92 Å². The Morgan fingerprint density at radius 3 is 2.90 bits per heavy atom. The first kappa shape index (κ1) is 14.8. The van der Waals surface area contributed by atoms with Crippen LogP contribution < -0.4 is 10.0 Å². The zero-order valence-electron chi connectivity index (χ0n) is 11.2. The highest BCUT2D eigenvalue weighted by atomic mass is 32.2. The molecule has 2 aromatic heterocycles. The number of H-pyrrole nitrogens is 1. The fourth-order valence-electron chi connectivity index (χ4n) is 1.61. The minimum Gasteiger partial charge on any atom is -0.447 e. The standard InChI is InChI=1S/C12H18N4O3S/c1-2-5-13-8-11-3-4-12(19-11)20(17,18)16-7-10-6-14-9-15-10/h3-4,6,9,13,16H,2,5,7-8H2,1H3,(H,14,15). The Bertz CT molecular complexity index is 619. The van der Waals surface area contributed by atoms with Gasteiger partial charge in [-0.3, -0.25) is 0 Å². The number of sulfonamides is 1. The minimum absolute atomic E-state index is 0.0784. The number of imidazole rings is 1. The third kappa shape index (κ3) is 3.92. The van der Waals surface area contributed by atoms with Crippen LogP contribution in [0.1, 0.15) is 24.8 Å². The maximum atomic E-state index is 12.0. The van der Waals surface area contributed by atoms with Crippen LogP contribution in [0.2, 0.25) is 0 Å². The fourth-order valence-corrected chi connectivity index (χ4v) is 2.56. The maximum Gasteiger partial charge on any atom is 0.274 e. The molecule has 0 amide bonds. The van der Waals surface area contributed by atoms with Gasteiger partial charge in [-0.15, -0.1) is 0 Å². The molecular weight excluding hydrogens is 280 g/mol. The van der Waals surface area contributed by atoms with E-state index in [2.05, 4.69) is 26.9 Å². The SMILES string of the molecule is CCCNCc1ccc(S(=O)(=O)NCc2cnc[nH]2)o1. The molecule has 7 nitrogen and oxygen atoms in total. The quantitative estimate of drug-likeness (QED) is 0.631. The molecule has 0 spiro atoms. The normalized spacial score (nSPS) is 11.8. The lowest BCUT2D eigenvalue weighted by molar-refractivity contribution is 0.400. The van der Waals surface area contributed by atoms with Gasteiger partial charge in [-0.05, 0) is 25.1 Å². The number of nitrogens with one attached hydrogen (secondary N) is 3. The Morgan fingerprint density at radius 2 is 2.20 bits per heavy atom. The summed E-state index contributed by atoms with van der Waals surface area (Å²) in [6.45, 7) is 3.58. The Balaban J connectivity index is 1.95. The molecule has 0 radical (unpaired) electrons. The van der Waals surface area contributed by atoms with Crippen molar-refractivity contribution < 1.29 is 12.8 Å².